The van der Waals surface area contributed by atoms with Crippen molar-refractivity contribution in [3.63, 3.8) is 0 Å². The minimum absolute atomic E-state index is 0.0146. The summed E-state index contributed by atoms with van der Waals surface area (Å²) in [5.41, 5.74) is -0.762. The van der Waals surface area contributed by atoms with E-state index in [2.05, 4.69) is 49.6 Å². The molecule has 1 saturated heterocycles. The first-order valence-corrected chi connectivity index (χ1v) is 17.5. The number of hydrogen-bond acceptors (Lipinski definition) is 16. The molecule has 17 heteroatoms. The van der Waals surface area contributed by atoms with E-state index in [1.165, 1.54) is 27.7 Å². The van der Waals surface area contributed by atoms with E-state index in [9.17, 15) is 39.0 Å². The zero-order valence-electron chi connectivity index (χ0n) is 33.8. The second kappa shape index (κ2) is 28.6. The molecule has 0 bridgehead atoms. The molecule has 0 aromatic heterocycles. The lowest BCUT2D eigenvalue weighted by molar-refractivity contribution is -0.420. The number of halogens is 1. The fraction of sp³-hybridized carbons (Fsp3) is 0.632. The summed E-state index contributed by atoms with van der Waals surface area (Å²) >= 11 is 5.61. The maximum atomic E-state index is 11.3. The maximum absolute atomic E-state index is 11.3. The Balaban J connectivity index is -0.000000718. The van der Waals surface area contributed by atoms with Crippen molar-refractivity contribution in [3.8, 4) is 0 Å². The molecule has 0 saturated carbocycles. The quantitative estimate of drug-likeness (QED) is 0.0781. The minimum atomic E-state index is -2.17. The SMILES string of the molecule is C=C(C)C(=O)OCC(=O)CO.C=C(C)C(=O)OCC(=O)COC(C)C(C)C.C=C(C)C(=O)OCC1(O)COC(O)(COC(=O)C(=C)C)OC1.CC(C)C(C)Cl. The van der Waals surface area contributed by atoms with E-state index in [4.69, 9.17) is 40.4 Å². The van der Waals surface area contributed by atoms with Gasteiger partial charge in [0.15, 0.2) is 31.4 Å². The van der Waals surface area contributed by atoms with Gasteiger partial charge in [-0.15, -0.1) is 11.6 Å². The van der Waals surface area contributed by atoms with Crippen molar-refractivity contribution >= 4 is 47.0 Å². The van der Waals surface area contributed by atoms with Crippen molar-refractivity contribution in [2.75, 3.05) is 52.9 Å². The highest BCUT2D eigenvalue weighted by Crippen LogP contribution is 2.23. The molecule has 0 spiro atoms. The zero-order chi connectivity index (χ0) is 43.7. The monoisotopic (exact) mass is 808 g/mol. The van der Waals surface area contributed by atoms with Crippen LogP contribution in [0.5, 0.6) is 0 Å². The number of carbonyl (C=O) groups excluding carboxylic acids is 6. The van der Waals surface area contributed by atoms with Crippen LogP contribution >= 0.6 is 11.6 Å². The van der Waals surface area contributed by atoms with E-state index < -0.39 is 54.4 Å². The van der Waals surface area contributed by atoms with Crippen molar-refractivity contribution in [2.45, 2.75) is 92.3 Å². The highest BCUT2D eigenvalue weighted by atomic mass is 35.5. The molecule has 316 valence electrons. The number of carbonyl (C=O) groups is 6. The molecule has 0 aromatic carbocycles. The summed E-state index contributed by atoms with van der Waals surface area (Å²) in [5.74, 6) is -4.52. The van der Waals surface area contributed by atoms with Crippen LogP contribution in [-0.4, -0.2) is 127 Å². The van der Waals surface area contributed by atoms with Crippen LogP contribution in [0.25, 0.3) is 0 Å². The van der Waals surface area contributed by atoms with Crippen molar-refractivity contribution in [3.05, 3.63) is 48.6 Å². The molecule has 1 aliphatic rings. The van der Waals surface area contributed by atoms with Gasteiger partial charge in [0.1, 0.15) is 25.4 Å². The lowest BCUT2D eigenvalue weighted by Crippen LogP contribution is -2.57. The van der Waals surface area contributed by atoms with Crippen LogP contribution in [0.3, 0.4) is 0 Å². The number of Topliss-reactive ketones (excluding diaryl/α,β-unsaturated/α-hetero) is 2. The molecule has 0 aliphatic carbocycles. The standard InChI is InChI=1S/C14H20O8.C12H20O4.C7H10O4.C5H11Cl/c1-9(2)11(15)19-5-13(17)6-21-14(18,22-7-13)8-20-12(16)10(3)4;1-8(2)10(5)15-6-11(13)7-16-12(14)9(3)4;1-5(2)7(10)11-4-6(9)3-8;1-4(2)5(3)6/h17-18H,1,3,5-8H2,2,4H3;8,10H,3,6-7H2,1-2,4-5H3;8H,1,3-4H2,2H3;4-5H,1-3H3. The Bertz CT molecular complexity index is 1260. The largest absolute Gasteiger partial charge is 0.459 e. The van der Waals surface area contributed by atoms with Gasteiger partial charge in [0.2, 0.25) is 0 Å². The third kappa shape index (κ3) is 29.2. The Morgan fingerprint density at radius 1 is 0.618 bits per heavy atom. The minimum Gasteiger partial charge on any atom is -0.459 e. The van der Waals surface area contributed by atoms with Gasteiger partial charge in [-0.1, -0.05) is 54.0 Å². The van der Waals surface area contributed by atoms with Crippen molar-refractivity contribution in [1.82, 2.24) is 0 Å². The number of aliphatic hydroxyl groups is 3. The van der Waals surface area contributed by atoms with Gasteiger partial charge in [-0.3, -0.25) is 9.59 Å². The predicted molar refractivity (Wildman–Crippen MR) is 202 cm³/mol. The number of aliphatic hydroxyl groups excluding tert-OH is 1. The highest BCUT2D eigenvalue weighted by Gasteiger charge is 2.45. The number of hydrogen-bond donors (Lipinski definition) is 3. The summed E-state index contributed by atoms with van der Waals surface area (Å²) in [6.45, 7) is 28.6. The average molecular weight is 809 g/mol. The van der Waals surface area contributed by atoms with Crippen molar-refractivity contribution in [1.29, 1.82) is 0 Å². The molecule has 1 rings (SSSR count). The third-order valence-electron chi connectivity index (χ3n) is 6.65. The van der Waals surface area contributed by atoms with Gasteiger partial charge >= 0.3 is 29.9 Å². The lowest BCUT2D eigenvalue weighted by atomic mass is 10.1. The van der Waals surface area contributed by atoms with Gasteiger partial charge in [-0.05, 0) is 53.4 Å². The smallest absolute Gasteiger partial charge is 0.333 e. The van der Waals surface area contributed by atoms with Crippen molar-refractivity contribution < 1.29 is 77.2 Å². The summed E-state index contributed by atoms with van der Waals surface area (Å²) in [6, 6.07) is 0. The topological polar surface area (TPSA) is 228 Å². The summed E-state index contributed by atoms with van der Waals surface area (Å²) in [5, 5.41) is 28.6. The van der Waals surface area contributed by atoms with Crippen LogP contribution in [0.4, 0.5) is 0 Å². The van der Waals surface area contributed by atoms with Crippen LogP contribution in [-0.2, 0) is 61.9 Å². The van der Waals surface area contributed by atoms with Gasteiger partial charge in [0.05, 0.1) is 19.3 Å². The number of ether oxygens (including phenoxy) is 7. The summed E-state index contributed by atoms with van der Waals surface area (Å²) in [4.78, 5) is 65.7. The van der Waals surface area contributed by atoms with E-state index in [1.807, 2.05) is 27.7 Å². The third-order valence-corrected chi connectivity index (χ3v) is 7.16. The first-order valence-electron chi connectivity index (χ1n) is 17.1. The second-order valence-electron chi connectivity index (χ2n) is 13.4. The Hall–Kier alpha value is -3.77. The number of ketones is 2. The van der Waals surface area contributed by atoms with Crippen LogP contribution in [0.1, 0.15) is 69.2 Å². The number of alkyl halides is 1. The number of esters is 4. The summed E-state index contributed by atoms with van der Waals surface area (Å²) < 4.78 is 33.9. The first-order chi connectivity index (χ1) is 25.1. The Morgan fingerprint density at radius 3 is 1.29 bits per heavy atom. The number of rotatable bonds is 18. The first kappa shape index (κ1) is 55.6. The fourth-order valence-corrected chi connectivity index (χ4v) is 2.39. The van der Waals surface area contributed by atoms with E-state index >= 15 is 0 Å². The Morgan fingerprint density at radius 2 is 0.964 bits per heavy atom. The molecule has 0 amide bonds. The normalized spacial score (nSPS) is 18.2. The molecule has 2 atom stereocenters. The molecular weight excluding hydrogens is 748 g/mol. The Labute approximate surface area is 329 Å². The average Bonchev–Trinajstić information content (AvgIpc) is 3.11. The molecule has 2 unspecified atom stereocenters. The molecule has 1 fully saturated rings. The van der Waals surface area contributed by atoms with E-state index in [0.717, 1.165) is 0 Å². The maximum Gasteiger partial charge on any atom is 0.333 e. The van der Waals surface area contributed by atoms with Crippen LogP contribution in [0, 0.1) is 11.8 Å². The zero-order valence-corrected chi connectivity index (χ0v) is 34.6. The van der Waals surface area contributed by atoms with Gasteiger partial charge in [0.25, 0.3) is 0 Å². The van der Waals surface area contributed by atoms with Crippen molar-refractivity contribution in [2.24, 2.45) is 11.8 Å². The lowest BCUT2D eigenvalue weighted by Gasteiger charge is -2.39. The summed E-state index contributed by atoms with van der Waals surface area (Å²) in [7, 11) is 0. The fourth-order valence-electron chi connectivity index (χ4n) is 2.39. The molecular formula is C38H61ClO16. The van der Waals surface area contributed by atoms with Gasteiger partial charge in [-0.25, -0.2) is 19.2 Å². The summed E-state index contributed by atoms with van der Waals surface area (Å²) in [6.07, 6.45) is 0.0146. The van der Waals surface area contributed by atoms with E-state index in [-0.39, 0.29) is 73.8 Å². The van der Waals surface area contributed by atoms with Gasteiger partial charge in [-0.2, -0.15) is 0 Å². The predicted octanol–water partition coefficient (Wildman–Crippen LogP) is 3.32. The van der Waals surface area contributed by atoms with Crippen LogP contribution < -0.4 is 0 Å². The molecule has 16 nitrogen and oxygen atoms in total. The second-order valence-corrected chi connectivity index (χ2v) is 14.0. The molecule has 0 radical (unpaired) electrons. The Kier molecular flexibility index (Phi) is 28.9. The van der Waals surface area contributed by atoms with Crippen LogP contribution in [0.2, 0.25) is 0 Å². The van der Waals surface area contributed by atoms with E-state index in [1.54, 1.807) is 0 Å². The molecule has 0 aromatic rings. The molecule has 1 heterocycles. The molecule has 3 N–H and O–H groups in total. The molecule has 55 heavy (non-hydrogen) atoms. The molecule has 1 aliphatic heterocycles. The van der Waals surface area contributed by atoms with Gasteiger partial charge in [0, 0.05) is 27.7 Å². The van der Waals surface area contributed by atoms with Crippen LogP contribution in [0.15, 0.2) is 48.6 Å². The highest BCUT2D eigenvalue weighted by molar-refractivity contribution is 6.20. The van der Waals surface area contributed by atoms with Gasteiger partial charge < -0.3 is 48.5 Å². The van der Waals surface area contributed by atoms with E-state index in [0.29, 0.717) is 17.2 Å².